The standard InChI is InChI=1S/C19H17N11O2S4/c1-9-22-24-16(33-9)20-18-28(26-11(3)35-18)15(13-5-7-14(8-6-13)30(31)32)29-19(36-12(4)27-29)21-17-25-23-10(2)34-17/h5-8,15H,1-4H3. The molecule has 36 heavy (non-hydrogen) atoms. The monoisotopic (exact) mass is 559 g/mol. The molecular formula is C19H17N11O2S4. The summed E-state index contributed by atoms with van der Waals surface area (Å²) in [7, 11) is 0. The van der Waals surface area contributed by atoms with Crippen molar-refractivity contribution in [1.29, 1.82) is 0 Å². The van der Waals surface area contributed by atoms with E-state index in [1.54, 1.807) is 21.5 Å². The predicted molar refractivity (Wildman–Crippen MR) is 136 cm³/mol. The summed E-state index contributed by atoms with van der Waals surface area (Å²) in [6.45, 7) is 7.48. The molecule has 0 radical (unpaired) electrons. The highest BCUT2D eigenvalue weighted by molar-refractivity contribution is 7.15. The molecule has 0 fully saturated rings. The van der Waals surface area contributed by atoms with Gasteiger partial charge in [-0.05, 0) is 45.4 Å². The first kappa shape index (κ1) is 24.2. The molecule has 184 valence electrons. The molecule has 0 aliphatic rings. The highest BCUT2D eigenvalue weighted by Crippen LogP contribution is 2.24. The van der Waals surface area contributed by atoms with Gasteiger partial charge in [-0.1, -0.05) is 45.3 Å². The zero-order chi connectivity index (χ0) is 25.4. The van der Waals surface area contributed by atoms with Crippen molar-refractivity contribution in [3.63, 3.8) is 0 Å². The maximum absolute atomic E-state index is 11.3. The van der Waals surface area contributed by atoms with Crippen LogP contribution in [0.4, 0.5) is 16.0 Å². The molecule has 0 atom stereocenters. The second-order valence-corrected chi connectivity index (χ2v) is 12.0. The Balaban J connectivity index is 1.75. The first-order valence-corrected chi connectivity index (χ1v) is 13.6. The molecule has 4 aromatic heterocycles. The van der Waals surface area contributed by atoms with Crippen molar-refractivity contribution in [3.8, 4) is 0 Å². The van der Waals surface area contributed by atoms with Gasteiger partial charge in [-0.3, -0.25) is 10.1 Å². The van der Waals surface area contributed by atoms with Crippen LogP contribution in [0.1, 0.15) is 31.8 Å². The van der Waals surface area contributed by atoms with Crippen LogP contribution in [0.3, 0.4) is 0 Å². The van der Waals surface area contributed by atoms with Gasteiger partial charge in [-0.15, -0.1) is 20.4 Å². The molecule has 0 aliphatic carbocycles. The van der Waals surface area contributed by atoms with Crippen LogP contribution in [0, 0.1) is 37.8 Å². The average molecular weight is 560 g/mol. The fourth-order valence-corrected chi connectivity index (χ4v) is 5.99. The average Bonchev–Trinajstić information content (AvgIpc) is 3.60. The highest BCUT2D eigenvalue weighted by Gasteiger charge is 2.24. The fourth-order valence-electron chi connectivity index (χ4n) is 3.23. The lowest BCUT2D eigenvalue weighted by atomic mass is 10.1. The molecule has 1 aromatic carbocycles. The van der Waals surface area contributed by atoms with Crippen molar-refractivity contribution in [2.75, 3.05) is 0 Å². The number of benzene rings is 1. The lowest BCUT2D eigenvalue weighted by Crippen LogP contribution is -2.34. The number of nitro groups is 1. The lowest BCUT2D eigenvalue weighted by molar-refractivity contribution is -0.384. The topological polar surface area (TPSA) is 155 Å². The highest BCUT2D eigenvalue weighted by atomic mass is 32.1. The van der Waals surface area contributed by atoms with Crippen LogP contribution in [0.5, 0.6) is 0 Å². The number of non-ortho nitro benzene ring substituents is 1. The summed E-state index contributed by atoms with van der Waals surface area (Å²) in [5, 5.41) is 41.2. The van der Waals surface area contributed by atoms with Gasteiger partial charge in [0.15, 0.2) is 6.17 Å². The van der Waals surface area contributed by atoms with Crippen molar-refractivity contribution in [3.05, 3.63) is 69.6 Å². The Morgan fingerprint density at radius 1 is 0.750 bits per heavy atom. The molecule has 4 heterocycles. The second kappa shape index (κ2) is 9.84. The van der Waals surface area contributed by atoms with Gasteiger partial charge in [0.25, 0.3) is 5.69 Å². The van der Waals surface area contributed by atoms with Gasteiger partial charge in [0.2, 0.25) is 19.9 Å². The lowest BCUT2D eigenvalue weighted by Gasteiger charge is -2.18. The van der Waals surface area contributed by atoms with E-state index < -0.39 is 11.1 Å². The Bertz CT molecular complexity index is 1590. The molecule has 17 heteroatoms. The second-order valence-electron chi connectivity index (χ2n) is 7.35. The zero-order valence-corrected chi connectivity index (χ0v) is 22.5. The number of rotatable bonds is 6. The molecule has 0 amide bonds. The number of aryl methyl sites for hydroxylation is 4. The predicted octanol–water partition coefficient (Wildman–Crippen LogP) is 3.61. The molecule has 0 unspecified atom stereocenters. The number of hydrogen-bond donors (Lipinski definition) is 0. The maximum Gasteiger partial charge on any atom is 0.269 e. The summed E-state index contributed by atoms with van der Waals surface area (Å²) in [5.74, 6) is 0. The van der Waals surface area contributed by atoms with Gasteiger partial charge in [-0.25, -0.2) is 9.36 Å². The maximum atomic E-state index is 11.3. The molecule has 0 aliphatic heterocycles. The van der Waals surface area contributed by atoms with E-state index in [-0.39, 0.29) is 5.69 Å². The van der Waals surface area contributed by atoms with Crippen LogP contribution in [0.25, 0.3) is 0 Å². The van der Waals surface area contributed by atoms with E-state index in [4.69, 9.17) is 20.2 Å². The van der Waals surface area contributed by atoms with Crippen LogP contribution >= 0.6 is 45.3 Å². The molecule has 0 saturated heterocycles. The van der Waals surface area contributed by atoms with Gasteiger partial charge in [0.05, 0.1) is 4.92 Å². The van der Waals surface area contributed by atoms with Crippen LogP contribution in [0.15, 0.2) is 34.3 Å². The van der Waals surface area contributed by atoms with Crippen molar-refractivity contribution < 1.29 is 4.92 Å². The Morgan fingerprint density at radius 2 is 1.22 bits per heavy atom. The molecule has 0 N–H and O–H groups in total. The summed E-state index contributed by atoms with van der Waals surface area (Å²) >= 11 is 5.52. The molecule has 0 bridgehead atoms. The van der Waals surface area contributed by atoms with E-state index in [0.717, 1.165) is 20.0 Å². The van der Waals surface area contributed by atoms with Gasteiger partial charge in [-0.2, -0.15) is 20.2 Å². The van der Waals surface area contributed by atoms with Crippen LogP contribution in [0.2, 0.25) is 0 Å². The third kappa shape index (κ3) is 5.03. The largest absolute Gasteiger partial charge is 0.269 e. The SMILES string of the molecule is Cc1nnc(N=c2sc(C)nn2C(c2ccc([N+](=O)[O-])cc2)n2nc(C)sc2=Nc2nnc(C)s2)s1. The molecule has 13 nitrogen and oxygen atoms in total. The smallest absolute Gasteiger partial charge is 0.258 e. The minimum absolute atomic E-state index is 0.0140. The van der Waals surface area contributed by atoms with Gasteiger partial charge >= 0.3 is 0 Å². The van der Waals surface area contributed by atoms with Crippen LogP contribution in [-0.2, 0) is 0 Å². The summed E-state index contributed by atoms with van der Waals surface area (Å²) < 4.78 is 3.45. The van der Waals surface area contributed by atoms with Gasteiger partial charge in [0, 0.05) is 12.1 Å². The normalized spacial score (nSPS) is 13.4. The Morgan fingerprint density at radius 3 is 1.61 bits per heavy atom. The van der Waals surface area contributed by atoms with E-state index in [1.165, 1.54) is 57.5 Å². The third-order valence-electron chi connectivity index (χ3n) is 4.65. The zero-order valence-electron chi connectivity index (χ0n) is 19.3. The van der Waals surface area contributed by atoms with Gasteiger partial charge < -0.3 is 0 Å². The van der Waals surface area contributed by atoms with E-state index >= 15 is 0 Å². The molecule has 5 rings (SSSR count). The molecular weight excluding hydrogens is 543 g/mol. The number of nitrogens with zero attached hydrogens (tertiary/aromatic N) is 11. The Kier molecular flexibility index (Phi) is 6.61. The number of hydrogen-bond acceptors (Lipinski definition) is 14. The van der Waals surface area contributed by atoms with Crippen molar-refractivity contribution in [2.24, 2.45) is 9.98 Å². The summed E-state index contributed by atoms with van der Waals surface area (Å²) in [6, 6.07) is 6.28. The third-order valence-corrected chi connectivity index (χ3v) is 7.79. The van der Waals surface area contributed by atoms with E-state index in [0.29, 0.717) is 25.4 Å². The summed E-state index contributed by atoms with van der Waals surface area (Å²) in [6.07, 6.45) is -0.638. The minimum atomic E-state index is -0.638. The summed E-state index contributed by atoms with van der Waals surface area (Å²) in [4.78, 5) is 21.4. The molecule has 0 saturated carbocycles. The van der Waals surface area contributed by atoms with Crippen molar-refractivity contribution in [2.45, 2.75) is 33.9 Å². The minimum Gasteiger partial charge on any atom is -0.258 e. The Labute approximate surface area is 219 Å². The van der Waals surface area contributed by atoms with Gasteiger partial charge in [0.1, 0.15) is 20.0 Å². The first-order chi connectivity index (χ1) is 17.3. The van der Waals surface area contributed by atoms with E-state index in [9.17, 15) is 10.1 Å². The van der Waals surface area contributed by atoms with E-state index in [2.05, 4.69) is 20.4 Å². The van der Waals surface area contributed by atoms with E-state index in [1.807, 2.05) is 27.7 Å². The number of nitro benzene ring substituents is 1. The first-order valence-electron chi connectivity index (χ1n) is 10.3. The number of aromatic nitrogens is 8. The van der Waals surface area contributed by atoms with Crippen molar-refractivity contribution in [1.82, 2.24) is 40.0 Å². The van der Waals surface area contributed by atoms with Crippen LogP contribution in [-0.4, -0.2) is 44.9 Å². The Hall–Kier alpha value is -3.54. The van der Waals surface area contributed by atoms with Crippen LogP contribution < -0.4 is 9.60 Å². The fraction of sp³-hybridized carbons (Fsp3) is 0.263. The molecule has 0 spiro atoms. The van der Waals surface area contributed by atoms with Crippen molar-refractivity contribution >= 4 is 61.3 Å². The quantitative estimate of drug-likeness (QED) is 0.226. The molecule has 5 aromatic rings. The summed E-state index contributed by atoms with van der Waals surface area (Å²) in [5.41, 5.74) is 0.695.